The summed E-state index contributed by atoms with van der Waals surface area (Å²) in [5, 5.41) is 2.73. The zero-order valence-electron chi connectivity index (χ0n) is 11.3. The number of aromatic nitrogens is 2. The van der Waals surface area contributed by atoms with Gasteiger partial charge in [-0.25, -0.2) is 18.4 Å². The van der Waals surface area contributed by atoms with Crippen molar-refractivity contribution < 1.29 is 8.42 Å². The first-order valence-electron chi connectivity index (χ1n) is 6.16. The van der Waals surface area contributed by atoms with Crippen LogP contribution in [-0.2, 0) is 16.4 Å². The van der Waals surface area contributed by atoms with Crippen LogP contribution < -0.4 is 10.0 Å². The number of anilines is 2. The molecule has 0 saturated heterocycles. The van der Waals surface area contributed by atoms with Gasteiger partial charge in [-0.15, -0.1) is 0 Å². The Morgan fingerprint density at radius 1 is 1.20 bits per heavy atom. The van der Waals surface area contributed by atoms with Gasteiger partial charge in [-0.2, -0.15) is 0 Å². The Balaban J connectivity index is 2.25. The molecule has 20 heavy (non-hydrogen) atoms. The zero-order chi connectivity index (χ0) is 14.6. The second-order valence-electron chi connectivity index (χ2n) is 4.15. The van der Waals surface area contributed by atoms with Gasteiger partial charge in [-0.1, -0.05) is 19.1 Å². The molecule has 7 heteroatoms. The van der Waals surface area contributed by atoms with Gasteiger partial charge in [0.2, 0.25) is 5.95 Å². The van der Waals surface area contributed by atoms with E-state index in [0.717, 1.165) is 12.0 Å². The summed E-state index contributed by atoms with van der Waals surface area (Å²) in [5.41, 5.74) is 1.59. The number of nitrogens with zero attached hydrogens (tertiary/aromatic N) is 2. The predicted molar refractivity (Wildman–Crippen MR) is 78.2 cm³/mol. The summed E-state index contributed by atoms with van der Waals surface area (Å²) in [7, 11) is -2.00. The molecule has 6 nitrogen and oxygen atoms in total. The average molecular weight is 292 g/mol. The van der Waals surface area contributed by atoms with Crippen molar-refractivity contribution in [2.24, 2.45) is 0 Å². The maximum absolute atomic E-state index is 12.2. The highest BCUT2D eigenvalue weighted by Crippen LogP contribution is 2.16. The summed E-state index contributed by atoms with van der Waals surface area (Å²) >= 11 is 0. The summed E-state index contributed by atoms with van der Waals surface area (Å²) in [4.78, 5) is 7.82. The lowest BCUT2D eigenvalue weighted by Crippen LogP contribution is -2.14. The Morgan fingerprint density at radius 3 is 2.50 bits per heavy atom. The molecule has 0 saturated carbocycles. The monoisotopic (exact) mass is 292 g/mol. The van der Waals surface area contributed by atoms with Crippen molar-refractivity contribution in [1.29, 1.82) is 0 Å². The van der Waals surface area contributed by atoms with Crippen LogP contribution >= 0.6 is 0 Å². The molecule has 0 aliphatic carbocycles. The van der Waals surface area contributed by atoms with E-state index in [0.29, 0.717) is 11.6 Å². The first-order valence-corrected chi connectivity index (χ1v) is 7.65. The number of benzene rings is 1. The van der Waals surface area contributed by atoms with Crippen molar-refractivity contribution in [1.82, 2.24) is 9.97 Å². The van der Waals surface area contributed by atoms with Gasteiger partial charge in [-0.3, -0.25) is 4.72 Å². The topological polar surface area (TPSA) is 84.0 Å². The number of aryl methyl sites for hydroxylation is 1. The molecule has 0 bridgehead atoms. The van der Waals surface area contributed by atoms with Crippen molar-refractivity contribution in [2.45, 2.75) is 18.2 Å². The smallest absolute Gasteiger partial charge is 0.264 e. The molecule has 0 unspecified atom stereocenters. The molecule has 1 aromatic carbocycles. The van der Waals surface area contributed by atoms with Crippen molar-refractivity contribution >= 4 is 21.7 Å². The molecule has 1 aromatic heterocycles. The number of hydrogen-bond acceptors (Lipinski definition) is 5. The van der Waals surface area contributed by atoms with E-state index in [9.17, 15) is 8.42 Å². The van der Waals surface area contributed by atoms with Crippen LogP contribution in [0.1, 0.15) is 12.5 Å². The molecule has 2 rings (SSSR count). The van der Waals surface area contributed by atoms with Gasteiger partial charge in [-0.05, 0) is 24.1 Å². The van der Waals surface area contributed by atoms with Crippen LogP contribution in [0.2, 0.25) is 0 Å². The Morgan fingerprint density at radius 2 is 1.90 bits per heavy atom. The number of hydrogen-bond donors (Lipinski definition) is 2. The third kappa shape index (κ3) is 3.24. The molecule has 0 amide bonds. The summed E-state index contributed by atoms with van der Waals surface area (Å²) in [6.07, 6.45) is 3.38. The number of nitrogens with one attached hydrogen (secondary N) is 2. The molecule has 0 aliphatic rings. The van der Waals surface area contributed by atoms with Gasteiger partial charge in [0.1, 0.15) is 4.90 Å². The van der Waals surface area contributed by atoms with Crippen LogP contribution in [-0.4, -0.2) is 25.4 Å². The molecule has 0 aliphatic heterocycles. The van der Waals surface area contributed by atoms with Crippen molar-refractivity contribution in [3.63, 3.8) is 0 Å². The van der Waals surface area contributed by atoms with E-state index in [4.69, 9.17) is 0 Å². The minimum absolute atomic E-state index is 0.0263. The average Bonchev–Trinajstić information content (AvgIpc) is 2.47. The predicted octanol–water partition coefficient (Wildman–Crippen LogP) is 1.88. The van der Waals surface area contributed by atoms with E-state index in [1.54, 1.807) is 19.2 Å². The fourth-order valence-corrected chi connectivity index (χ4v) is 2.59. The molecular formula is C13H16N4O2S. The van der Waals surface area contributed by atoms with Gasteiger partial charge in [0.15, 0.2) is 0 Å². The van der Waals surface area contributed by atoms with E-state index in [-0.39, 0.29) is 4.90 Å². The Kier molecular flexibility index (Phi) is 4.19. The van der Waals surface area contributed by atoms with Crippen LogP contribution in [0.15, 0.2) is 41.6 Å². The second-order valence-corrected chi connectivity index (χ2v) is 5.83. The van der Waals surface area contributed by atoms with E-state index < -0.39 is 10.0 Å². The van der Waals surface area contributed by atoms with Gasteiger partial charge in [0.05, 0.1) is 12.4 Å². The third-order valence-corrected chi connectivity index (χ3v) is 4.09. The lowest BCUT2D eigenvalue weighted by Gasteiger charge is -2.09. The van der Waals surface area contributed by atoms with E-state index in [1.165, 1.54) is 12.4 Å². The second kappa shape index (κ2) is 5.87. The van der Waals surface area contributed by atoms with Crippen LogP contribution in [0.3, 0.4) is 0 Å². The molecule has 106 valence electrons. The third-order valence-electron chi connectivity index (χ3n) is 2.75. The van der Waals surface area contributed by atoms with E-state index in [2.05, 4.69) is 20.0 Å². The van der Waals surface area contributed by atoms with Gasteiger partial charge in [0.25, 0.3) is 10.0 Å². The SMILES string of the molecule is CCc1cccc(NS(=O)(=O)c2cnc(NC)nc2)c1. The highest BCUT2D eigenvalue weighted by atomic mass is 32.2. The number of rotatable bonds is 5. The summed E-state index contributed by atoms with van der Waals surface area (Å²) in [5.74, 6) is 0.372. The first kappa shape index (κ1) is 14.3. The summed E-state index contributed by atoms with van der Waals surface area (Å²) in [6, 6.07) is 7.28. The molecular weight excluding hydrogens is 276 g/mol. The van der Waals surface area contributed by atoms with Crippen LogP contribution in [0, 0.1) is 0 Å². The fourth-order valence-electron chi connectivity index (χ4n) is 1.65. The maximum atomic E-state index is 12.2. The molecule has 0 spiro atoms. The highest BCUT2D eigenvalue weighted by molar-refractivity contribution is 7.92. The highest BCUT2D eigenvalue weighted by Gasteiger charge is 2.15. The molecule has 2 aromatic rings. The van der Waals surface area contributed by atoms with Gasteiger partial charge < -0.3 is 5.32 Å². The minimum atomic E-state index is -3.67. The Labute approximate surface area is 118 Å². The molecule has 0 fully saturated rings. The van der Waals surface area contributed by atoms with E-state index >= 15 is 0 Å². The fraction of sp³-hybridized carbons (Fsp3) is 0.231. The van der Waals surface area contributed by atoms with Crippen LogP contribution in [0.25, 0.3) is 0 Å². The van der Waals surface area contributed by atoms with E-state index in [1.807, 2.05) is 19.1 Å². The van der Waals surface area contributed by atoms with Crippen LogP contribution in [0.4, 0.5) is 11.6 Å². The molecule has 0 atom stereocenters. The van der Waals surface area contributed by atoms with Gasteiger partial charge in [0, 0.05) is 12.7 Å². The Hall–Kier alpha value is -2.15. The number of sulfonamides is 1. The molecule has 0 radical (unpaired) electrons. The molecule has 2 N–H and O–H groups in total. The lowest BCUT2D eigenvalue weighted by molar-refractivity contribution is 0.600. The summed E-state index contributed by atoms with van der Waals surface area (Å²) in [6.45, 7) is 2.01. The Bertz CT molecular complexity index is 684. The first-order chi connectivity index (χ1) is 9.55. The standard InChI is InChI=1S/C13H16N4O2S/c1-3-10-5-4-6-11(7-10)17-20(18,19)12-8-15-13(14-2)16-9-12/h4-9,17H,3H2,1-2H3,(H,14,15,16). The lowest BCUT2D eigenvalue weighted by atomic mass is 10.1. The van der Waals surface area contributed by atoms with Crippen molar-refractivity contribution in [3.8, 4) is 0 Å². The molecule has 1 heterocycles. The quantitative estimate of drug-likeness (QED) is 0.879. The van der Waals surface area contributed by atoms with Crippen molar-refractivity contribution in [2.75, 3.05) is 17.1 Å². The zero-order valence-corrected chi connectivity index (χ0v) is 12.1. The maximum Gasteiger partial charge on any atom is 0.264 e. The van der Waals surface area contributed by atoms with Crippen molar-refractivity contribution in [3.05, 3.63) is 42.2 Å². The normalized spacial score (nSPS) is 11.1. The largest absolute Gasteiger partial charge is 0.357 e. The van der Waals surface area contributed by atoms with Gasteiger partial charge >= 0.3 is 0 Å². The van der Waals surface area contributed by atoms with Crippen LogP contribution in [0.5, 0.6) is 0 Å². The summed E-state index contributed by atoms with van der Waals surface area (Å²) < 4.78 is 26.9. The minimum Gasteiger partial charge on any atom is -0.357 e.